The number of nitrogens with one attached hydrogen (secondary N) is 1. The van der Waals surface area contributed by atoms with Gasteiger partial charge in [-0.05, 0) is 25.3 Å². The minimum absolute atomic E-state index is 0.0918. The monoisotopic (exact) mass is 368 g/mol. The number of ketones is 1. The molecule has 1 N–H and O–H groups in total. The first-order chi connectivity index (χ1) is 12.5. The summed E-state index contributed by atoms with van der Waals surface area (Å²) in [5, 5.41) is 13.7. The van der Waals surface area contributed by atoms with Crippen LogP contribution < -0.4 is 5.32 Å². The third kappa shape index (κ3) is 3.54. The van der Waals surface area contributed by atoms with E-state index in [1.165, 1.54) is 18.9 Å². The van der Waals surface area contributed by atoms with Crippen LogP contribution in [0.4, 0.5) is 0 Å². The number of methoxy groups -OCH3 is 1. The van der Waals surface area contributed by atoms with Gasteiger partial charge in [0, 0.05) is 17.7 Å². The number of hydrogen-bond acceptors (Lipinski definition) is 6. The van der Waals surface area contributed by atoms with Crippen LogP contribution in [0.25, 0.3) is 0 Å². The Morgan fingerprint density at radius 3 is 2.73 bits per heavy atom. The summed E-state index contributed by atoms with van der Waals surface area (Å²) >= 11 is 1.25. The zero-order valence-corrected chi connectivity index (χ0v) is 15.6. The quantitative estimate of drug-likeness (QED) is 0.821. The van der Waals surface area contributed by atoms with Gasteiger partial charge in [-0.2, -0.15) is 5.26 Å². The van der Waals surface area contributed by atoms with Crippen molar-refractivity contribution in [3.8, 4) is 6.07 Å². The molecule has 0 fully saturated rings. The summed E-state index contributed by atoms with van der Waals surface area (Å²) in [6, 6.07) is 10.2. The number of esters is 1. The first-order valence-corrected chi connectivity index (χ1v) is 9.47. The van der Waals surface area contributed by atoms with E-state index in [1.807, 2.05) is 31.2 Å². The number of carbonyl (C=O) groups excluding carboxylic acids is 2. The molecule has 1 heterocycles. The van der Waals surface area contributed by atoms with E-state index in [0.717, 1.165) is 29.7 Å². The number of Topliss-reactive ketones (excluding diaryl/α,β-unsaturated/α-hetero) is 1. The zero-order valence-electron chi connectivity index (χ0n) is 14.8. The molecule has 6 heteroatoms. The number of aryl methyl sites for hydroxylation is 1. The highest BCUT2D eigenvalue weighted by Crippen LogP contribution is 2.43. The molecule has 2 aliphatic rings. The number of benzene rings is 1. The van der Waals surface area contributed by atoms with Gasteiger partial charge >= 0.3 is 5.97 Å². The lowest BCUT2D eigenvalue weighted by Crippen LogP contribution is -2.31. The maximum atomic E-state index is 12.6. The summed E-state index contributed by atoms with van der Waals surface area (Å²) in [5.74, 6) is -0.534. The van der Waals surface area contributed by atoms with Crippen LogP contribution in [0, 0.1) is 18.3 Å². The van der Waals surface area contributed by atoms with Gasteiger partial charge in [-0.1, -0.05) is 41.6 Å². The van der Waals surface area contributed by atoms with Crippen LogP contribution in [-0.4, -0.2) is 24.6 Å². The second-order valence-corrected chi connectivity index (χ2v) is 7.34. The molecular weight excluding hydrogens is 348 g/mol. The summed E-state index contributed by atoms with van der Waals surface area (Å²) in [6.07, 6.45) is 2.07. The van der Waals surface area contributed by atoms with Crippen LogP contribution >= 0.6 is 11.8 Å². The molecular formula is C20H20N2O3S. The molecule has 0 radical (unpaired) electrons. The topological polar surface area (TPSA) is 79.2 Å². The molecule has 5 nitrogen and oxygen atoms in total. The summed E-state index contributed by atoms with van der Waals surface area (Å²) in [7, 11) is 1.34. The van der Waals surface area contributed by atoms with Crippen LogP contribution in [-0.2, 0) is 14.3 Å². The molecule has 1 aliphatic carbocycles. The van der Waals surface area contributed by atoms with Gasteiger partial charge in [0.05, 0.1) is 35.5 Å². The third-order valence-corrected chi connectivity index (χ3v) is 5.63. The maximum absolute atomic E-state index is 12.6. The van der Waals surface area contributed by atoms with E-state index in [0.29, 0.717) is 22.6 Å². The molecule has 0 saturated heterocycles. The van der Waals surface area contributed by atoms with Crippen LogP contribution in [0.3, 0.4) is 0 Å². The van der Waals surface area contributed by atoms with E-state index < -0.39 is 0 Å². The fourth-order valence-corrected chi connectivity index (χ4v) is 4.21. The van der Waals surface area contributed by atoms with Crippen LogP contribution in [0.2, 0.25) is 0 Å². The van der Waals surface area contributed by atoms with Crippen molar-refractivity contribution >= 4 is 23.5 Å². The molecule has 0 aromatic heterocycles. The molecule has 1 atom stereocenters. The van der Waals surface area contributed by atoms with Gasteiger partial charge in [-0.25, -0.2) is 0 Å². The lowest BCUT2D eigenvalue weighted by molar-refractivity contribution is -0.137. The molecule has 134 valence electrons. The average Bonchev–Trinajstić information content (AvgIpc) is 2.65. The maximum Gasteiger partial charge on any atom is 0.316 e. The van der Waals surface area contributed by atoms with E-state index in [2.05, 4.69) is 11.4 Å². The van der Waals surface area contributed by atoms with Gasteiger partial charge < -0.3 is 10.1 Å². The van der Waals surface area contributed by atoms with E-state index in [1.54, 1.807) is 0 Å². The fourth-order valence-electron chi connectivity index (χ4n) is 3.32. The Balaban J connectivity index is 2.07. The molecule has 0 saturated carbocycles. The second-order valence-electron chi connectivity index (χ2n) is 6.36. The van der Waals surface area contributed by atoms with Crippen molar-refractivity contribution in [1.29, 1.82) is 5.26 Å². The number of allylic oxidation sites excluding steroid dienone is 3. The molecule has 1 aliphatic heterocycles. The smallest absolute Gasteiger partial charge is 0.316 e. The number of nitriles is 1. The third-order valence-electron chi connectivity index (χ3n) is 4.64. The molecule has 26 heavy (non-hydrogen) atoms. The second kappa shape index (κ2) is 7.79. The van der Waals surface area contributed by atoms with Crippen molar-refractivity contribution < 1.29 is 14.3 Å². The lowest BCUT2D eigenvalue weighted by Gasteiger charge is -2.33. The minimum Gasteiger partial charge on any atom is -0.468 e. The fraction of sp³-hybridized carbons (Fsp3) is 0.350. The minimum atomic E-state index is -0.384. The Morgan fingerprint density at radius 2 is 2.08 bits per heavy atom. The van der Waals surface area contributed by atoms with E-state index >= 15 is 0 Å². The molecule has 0 spiro atoms. The first-order valence-electron chi connectivity index (χ1n) is 8.49. The number of ether oxygens (including phenoxy) is 1. The number of rotatable bonds is 4. The van der Waals surface area contributed by atoms with Crippen molar-refractivity contribution in [2.45, 2.75) is 32.1 Å². The molecule has 1 aromatic carbocycles. The number of nitrogens with zero attached hydrogens (tertiary/aromatic N) is 1. The van der Waals surface area contributed by atoms with Crippen molar-refractivity contribution in [2.24, 2.45) is 0 Å². The van der Waals surface area contributed by atoms with E-state index in [4.69, 9.17) is 4.74 Å². The standard InChI is InChI=1S/C20H20N2O3S/c1-12-6-8-13(9-7-12)18-14(10-21)20(26-11-17(24)25-2)22-15-4-3-5-16(23)19(15)18/h6-9,18,22H,3-5,11H2,1-2H3/t18-/m1/s1. The average molecular weight is 368 g/mol. The molecule has 0 unspecified atom stereocenters. The van der Waals surface area contributed by atoms with Gasteiger partial charge in [0.15, 0.2) is 5.78 Å². The van der Waals surface area contributed by atoms with Gasteiger partial charge in [-0.3, -0.25) is 9.59 Å². The molecule has 1 aromatic rings. The molecule has 3 rings (SSSR count). The van der Waals surface area contributed by atoms with Crippen molar-refractivity contribution in [1.82, 2.24) is 5.32 Å². The first kappa shape index (κ1) is 18.3. The summed E-state index contributed by atoms with van der Waals surface area (Å²) in [4.78, 5) is 24.2. The summed E-state index contributed by atoms with van der Waals surface area (Å²) in [6.45, 7) is 2.00. The summed E-state index contributed by atoms with van der Waals surface area (Å²) < 4.78 is 4.70. The number of dihydropyridines is 1. The Morgan fingerprint density at radius 1 is 1.35 bits per heavy atom. The number of carbonyl (C=O) groups is 2. The Bertz CT molecular complexity index is 847. The highest BCUT2D eigenvalue weighted by molar-refractivity contribution is 8.03. The lowest BCUT2D eigenvalue weighted by atomic mass is 9.77. The SMILES string of the molecule is COC(=O)CSC1=C(C#N)[C@@H](c2ccc(C)cc2)C2=C(CCCC2=O)N1. The number of hydrogen-bond donors (Lipinski definition) is 1. The largest absolute Gasteiger partial charge is 0.468 e. The predicted octanol–water partition coefficient (Wildman–Crippen LogP) is 3.33. The van der Waals surface area contributed by atoms with Crippen molar-refractivity contribution in [3.63, 3.8) is 0 Å². The highest BCUT2D eigenvalue weighted by Gasteiger charge is 2.37. The predicted molar refractivity (Wildman–Crippen MR) is 100 cm³/mol. The van der Waals surface area contributed by atoms with Crippen LogP contribution in [0.5, 0.6) is 0 Å². The van der Waals surface area contributed by atoms with E-state index in [9.17, 15) is 14.9 Å². The number of thioether (sulfide) groups is 1. The van der Waals surface area contributed by atoms with Gasteiger partial charge in [-0.15, -0.1) is 0 Å². The van der Waals surface area contributed by atoms with Gasteiger partial charge in [0.25, 0.3) is 0 Å². The van der Waals surface area contributed by atoms with Crippen molar-refractivity contribution in [3.05, 3.63) is 57.3 Å². The summed E-state index contributed by atoms with van der Waals surface area (Å²) in [5.41, 5.74) is 4.09. The Hall–Kier alpha value is -2.52. The molecule has 0 bridgehead atoms. The normalized spacial score (nSPS) is 19.6. The molecule has 0 amide bonds. The van der Waals surface area contributed by atoms with Crippen LogP contribution in [0.1, 0.15) is 36.3 Å². The highest BCUT2D eigenvalue weighted by atomic mass is 32.2. The van der Waals surface area contributed by atoms with Crippen LogP contribution in [0.15, 0.2) is 46.1 Å². The Labute approximate surface area is 157 Å². The van der Waals surface area contributed by atoms with Gasteiger partial charge in [0.1, 0.15) is 0 Å². The van der Waals surface area contributed by atoms with E-state index in [-0.39, 0.29) is 23.4 Å². The van der Waals surface area contributed by atoms with Gasteiger partial charge in [0.2, 0.25) is 0 Å². The van der Waals surface area contributed by atoms with Crippen molar-refractivity contribution in [2.75, 3.05) is 12.9 Å². The zero-order chi connectivity index (χ0) is 18.7. The Kier molecular flexibility index (Phi) is 5.48.